The Bertz CT molecular complexity index is 342. The zero-order chi connectivity index (χ0) is 10.4. The van der Waals surface area contributed by atoms with Crippen LogP contribution in [0.15, 0.2) is 30.3 Å². The van der Waals surface area contributed by atoms with E-state index < -0.39 is 5.92 Å². The fourth-order valence-electron chi connectivity index (χ4n) is 1.41. The SMILES string of the molecule is CC(CC(C#N)C#N)c1ccccc1. The summed E-state index contributed by atoms with van der Waals surface area (Å²) in [5.74, 6) is -0.231. The van der Waals surface area contributed by atoms with Crippen LogP contribution in [-0.4, -0.2) is 0 Å². The second kappa shape index (κ2) is 5.04. The molecule has 0 saturated carbocycles. The molecule has 2 heteroatoms. The molecule has 14 heavy (non-hydrogen) atoms. The van der Waals surface area contributed by atoms with Crippen LogP contribution in [0.1, 0.15) is 24.8 Å². The van der Waals surface area contributed by atoms with Crippen LogP contribution in [0.4, 0.5) is 0 Å². The maximum atomic E-state index is 8.65. The molecule has 0 heterocycles. The van der Waals surface area contributed by atoms with Gasteiger partial charge in [0.05, 0.1) is 12.1 Å². The fourth-order valence-corrected chi connectivity index (χ4v) is 1.41. The maximum absolute atomic E-state index is 8.65. The van der Waals surface area contributed by atoms with E-state index in [1.54, 1.807) is 0 Å². The van der Waals surface area contributed by atoms with Crippen LogP contribution in [0.25, 0.3) is 0 Å². The Labute approximate surface area is 84.4 Å². The summed E-state index contributed by atoms with van der Waals surface area (Å²) in [5.41, 5.74) is 1.18. The molecule has 0 spiro atoms. The number of hydrogen-bond acceptors (Lipinski definition) is 2. The van der Waals surface area contributed by atoms with Gasteiger partial charge in [-0.05, 0) is 17.9 Å². The average Bonchev–Trinajstić information content (AvgIpc) is 2.26. The number of hydrogen-bond donors (Lipinski definition) is 0. The molecule has 0 fully saturated rings. The lowest BCUT2D eigenvalue weighted by molar-refractivity contribution is 0.624. The van der Waals surface area contributed by atoms with Crippen molar-refractivity contribution in [2.75, 3.05) is 0 Å². The van der Waals surface area contributed by atoms with Gasteiger partial charge in [-0.25, -0.2) is 0 Å². The molecule has 0 saturated heterocycles. The topological polar surface area (TPSA) is 47.6 Å². The predicted molar refractivity (Wildman–Crippen MR) is 54.2 cm³/mol. The second-order valence-electron chi connectivity index (χ2n) is 3.36. The van der Waals surface area contributed by atoms with Gasteiger partial charge in [-0.1, -0.05) is 37.3 Å². The molecule has 0 bridgehead atoms. The molecule has 1 rings (SSSR count). The Morgan fingerprint density at radius 2 is 1.71 bits per heavy atom. The van der Waals surface area contributed by atoms with Gasteiger partial charge in [0.2, 0.25) is 0 Å². The molecule has 0 aliphatic rings. The highest BCUT2D eigenvalue weighted by Crippen LogP contribution is 2.22. The summed E-state index contributed by atoms with van der Waals surface area (Å²) in [6, 6.07) is 13.9. The van der Waals surface area contributed by atoms with Crippen molar-refractivity contribution in [3.8, 4) is 12.1 Å². The largest absolute Gasteiger partial charge is 0.197 e. The van der Waals surface area contributed by atoms with Gasteiger partial charge in [-0.3, -0.25) is 0 Å². The smallest absolute Gasteiger partial charge is 0.133 e. The molecule has 0 amide bonds. The van der Waals surface area contributed by atoms with Crippen LogP contribution in [-0.2, 0) is 0 Å². The molecule has 0 aliphatic carbocycles. The molecule has 0 aromatic heterocycles. The van der Waals surface area contributed by atoms with Crippen LogP contribution in [0, 0.1) is 28.6 Å². The first kappa shape index (κ1) is 10.3. The highest BCUT2D eigenvalue weighted by molar-refractivity contribution is 5.19. The van der Waals surface area contributed by atoms with E-state index in [-0.39, 0.29) is 5.92 Å². The third-order valence-electron chi connectivity index (χ3n) is 2.27. The molecule has 70 valence electrons. The van der Waals surface area contributed by atoms with E-state index in [4.69, 9.17) is 10.5 Å². The average molecular weight is 184 g/mol. The zero-order valence-corrected chi connectivity index (χ0v) is 8.14. The Kier molecular flexibility index (Phi) is 3.70. The number of nitriles is 2. The summed E-state index contributed by atoms with van der Waals surface area (Å²) >= 11 is 0. The second-order valence-corrected chi connectivity index (χ2v) is 3.36. The molecule has 1 aromatic rings. The lowest BCUT2D eigenvalue weighted by Gasteiger charge is -2.11. The molecule has 0 aliphatic heterocycles. The first-order chi connectivity index (χ1) is 6.77. The summed E-state index contributed by atoms with van der Waals surface area (Å²) in [7, 11) is 0. The van der Waals surface area contributed by atoms with Crippen molar-refractivity contribution in [1.29, 1.82) is 10.5 Å². The third kappa shape index (κ3) is 2.61. The van der Waals surface area contributed by atoms with Gasteiger partial charge in [-0.2, -0.15) is 10.5 Å². The van der Waals surface area contributed by atoms with Gasteiger partial charge in [-0.15, -0.1) is 0 Å². The van der Waals surface area contributed by atoms with Gasteiger partial charge >= 0.3 is 0 Å². The highest BCUT2D eigenvalue weighted by atomic mass is 14.3. The van der Waals surface area contributed by atoms with Crippen molar-refractivity contribution in [3.05, 3.63) is 35.9 Å². The van der Waals surface area contributed by atoms with Gasteiger partial charge in [0.1, 0.15) is 5.92 Å². The minimum Gasteiger partial charge on any atom is -0.197 e. The maximum Gasteiger partial charge on any atom is 0.133 e. The van der Waals surface area contributed by atoms with Crippen molar-refractivity contribution in [3.63, 3.8) is 0 Å². The fraction of sp³-hybridized carbons (Fsp3) is 0.333. The highest BCUT2D eigenvalue weighted by Gasteiger charge is 2.12. The summed E-state index contributed by atoms with van der Waals surface area (Å²) in [6.45, 7) is 2.04. The van der Waals surface area contributed by atoms with Crippen molar-refractivity contribution in [2.45, 2.75) is 19.3 Å². The van der Waals surface area contributed by atoms with E-state index in [0.717, 1.165) is 0 Å². The molecule has 1 aromatic carbocycles. The molecule has 0 N–H and O–H groups in total. The first-order valence-corrected chi connectivity index (χ1v) is 4.62. The first-order valence-electron chi connectivity index (χ1n) is 4.62. The molecular formula is C12H12N2. The molecule has 0 radical (unpaired) electrons. The number of nitrogens with zero attached hydrogens (tertiary/aromatic N) is 2. The van der Waals surface area contributed by atoms with E-state index in [2.05, 4.69) is 0 Å². The van der Waals surface area contributed by atoms with Gasteiger partial charge in [0, 0.05) is 0 Å². The molecule has 1 unspecified atom stereocenters. The Hall–Kier alpha value is -1.80. The van der Waals surface area contributed by atoms with Crippen LogP contribution in [0.5, 0.6) is 0 Å². The minimum absolute atomic E-state index is 0.264. The molecular weight excluding hydrogens is 172 g/mol. The van der Waals surface area contributed by atoms with E-state index in [9.17, 15) is 0 Å². The lowest BCUT2D eigenvalue weighted by Crippen LogP contribution is -2.01. The summed E-state index contributed by atoms with van der Waals surface area (Å²) in [4.78, 5) is 0. The van der Waals surface area contributed by atoms with E-state index >= 15 is 0 Å². The van der Waals surface area contributed by atoms with Crippen molar-refractivity contribution in [1.82, 2.24) is 0 Å². The van der Waals surface area contributed by atoms with Crippen molar-refractivity contribution in [2.24, 2.45) is 5.92 Å². The van der Waals surface area contributed by atoms with Crippen LogP contribution in [0.3, 0.4) is 0 Å². The molecule has 2 nitrogen and oxygen atoms in total. The minimum atomic E-state index is -0.495. The van der Waals surface area contributed by atoms with Crippen LogP contribution < -0.4 is 0 Å². The summed E-state index contributed by atoms with van der Waals surface area (Å²) in [5, 5.41) is 17.3. The van der Waals surface area contributed by atoms with Gasteiger partial charge in [0.15, 0.2) is 0 Å². The number of rotatable bonds is 3. The van der Waals surface area contributed by atoms with Crippen molar-refractivity contribution >= 4 is 0 Å². The standard InChI is InChI=1S/C12H12N2/c1-10(7-11(8-13)9-14)12-5-3-2-4-6-12/h2-6,10-11H,7H2,1H3. The van der Waals surface area contributed by atoms with Crippen molar-refractivity contribution < 1.29 is 0 Å². The van der Waals surface area contributed by atoms with E-state index in [0.29, 0.717) is 6.42 Å². The molecule has 1 atom stereocenters. The quantitative estimate of drug-likeness (QED) is 0.725. The Balaban J connectivity index is 2.65. The monoisotopic (exact) mass is 184 g/mol. The third-order valence-corrected chi connectivity index (χ3v) is 2.27. The summed E-state index contributed by atoms with van der Waals surface area (Å²) < 4.78 is 0. The van der Waals surface area contributed by atoms with E-state index in [1.807, 2.05) is 49.4 Å². The van der Waals surface area contributed by atoms with Crippen LogP contribution >= 0.6 is 0 Å². The predicted octanol–water partition coefficient (Wildman–Crippen LogP) is 2.84. The number of benzene rings is 1. The van der Waals surface area contributed by atoms with Gasteiger partial charge in [0.25, 0.3) is 0 Å². The van der Waals surface area contributed by atoms with E-state index in [1.165, 1.54) is 5.56 Å². The summed E-state index contributed by atoms with van der Waals surface area (Å²) in [6.07, 6.45) is 0.608. The van der Waals surface area contributed by atoms with Crippen LogP contribution in [0.2, 0.25) is 0 Å². The lowest BCUT2D eigenvalue weighted by atomic mass is 9.92. The normalized spacial score (nSPS) is 11.7. The zero-order valence-electron chi connectivity index (χ0n) is 8.14. The van der Waals surface area contributed by atoms with Gasteiger partial charge < -0.3 is 0 Å². The Morgan fingerprint density at radius 1 is 1.14 bits per heavy atom. The Morgan fingerprint density at radius 3 is 2.21 bits per heavy atom.